The second-order valence-corrected chi connectivity index (χ2v) is 6.81. The molecule has 0 aliphatic heterocycles. The predicted octanol–water partition coefficient (Wildman–Crippen LogP) is 4.89. The van der Waals surface area contributed by atoms with Crippen LogP contribution in [0.5, 0.6) is 0 Å². The maximum absolute atomic E-state index is 13.1. The first-order valence-corrected chi connectivity index (χ1v) is 9.40. The molecule has 3 aromatic carbocycles. The number of nitrogens with one attached hydrogen (secondary N) is 1. The van der Waals surface area contributed by atoms with Gasteiger partial charge in [0.25, 0.3) is 5.91 Å². The molecular weight excluding hydrogens is 409 g/mol. The molecule has 152 valence electrons. The molecule has 0 saturated carbocycles. The molecule has 3 aromatic rings. The molecule has 30 heavy (non-hydrogen) atoms. The van der Waals surface area contributed by atoms with E-state index in [2.05, 4.69) is 5.32 Å². The normalized spacial score (nSPS) is 11.4. The van der Waals surface area contributed by atoms with Gasteiger partial charge in [-0.05, 0) is 31.2 Å². The summed E-state index contributed by atoms with van der Waals surface area (Å²) >= 11 is 5.89. The summed E-state index contributed by atoms with van der Waals surface area (Å²) in [6.45, 7) is 1.38. The van der Waals surface area contributed by atoms with Crippen LogP contribution in [0.2, 0.25) is 5.02 Å². The van der Waals surface area contributed by atoms with Crippen LogP contribution in [0.1, 0.15) is 33.2 Å². The smallest absolute Gasteiger partial charge is 0.339 e. The molecule has 0 spiro atoms. The molecule has 0 aliphatic carbocycles. The number of halogens is 2. The summed E-state index contributed by atoms with van der Waals surface area (Å²) in [4.78, 5) is 37.8. The standard InChI is InChI=1S/C23H17ClFNO4/c1-14(22(28)26-20-12-11-16(25)13-19(20)24)30-23(29)18-10-6-5-9-17(18)21(27)15-7-3-2-4-8-15/h2-14H,1H3,(H,26,28). The molecule has 5 nitrogen and oxygen atoms in total. The quantitative estimate of drug-likeness (QED) is 0.450. The number of esters is 1. The maximum atomic E-state index is 13.1. The number of benzene rings is 3. The number of ketones is 1. The Hall–Kier alpha value is -3.51. The summed E-state index contributed by atoms with van der Waals surface area (Å²) in [6, 6.07) is 18.2. The number of amides is 1. The zero-order valence-corrected chi connectivity index (χ0v) is 16.7. The third kappa shape index (κ3) is 4.90. The van der Waals surface area contributed by atoms with Gasteiger partial charge in [0.2, 0.25) is 0 Å². The Morgan fingerprint density at radius 3 is 2.23 bits per heavy atom. The largest absolute Gasteiger partial charge is 0.449 e. The third-order valence-corrected chi connectivity index (χ3v) is 4.58. The van der Waals surface area contributed by atoms with Crippen molar-refractivity contribution in [1.29, 1.82) is 0 Å². The molecule has 7 heteroatoms. The molecule has 0 fully saturated rings. The molecule has 0 heterocycles. The lowest BCUT2D eigenvalue weighted by atomic mass is 9.98. The van der Waals surface area contributed by atoms with Gasteiger partial charge in [-0.2, -0.15) is 0 Å². The topological polar surface area (TPSA) is 72.5 Å². The molecule has 1 unspecified atom stereocenters. The van der Waals surface area contributed by atoms with Crippen LogP contribution in [-0.2, 0) is 9.53 Å². The summed E-state index contributed by atoms with van der Waals surface area (Å²) in [5.74, 6) is -2.35. The number of carbonyl (C=O) groups is 3. The number of hydrogen-bond acceptors (Lipinski definition) is 4. The minimum absolute atomic E-state index is 0.0145. The van der Waals surface area contributed by atoms with Gasteiger partial charge in [-0.1, -0.05) is 60.1 Å². The SMILES string of the molecule is CC(OC(=O)c1ccccc1C(=O)c1ccccc1)C(=O)Nc1ccc(F)cc1Cl. The minimum Gasteiger partial charge on any atom is -0.449 e. The molecule has 3 rings (SSSR count). The molecule has 1 amide bonds. The van der Waals surface area contributed by atoms with Crippen molar-refractivity contribution >= 4 is 34.9 Å². The summed E-state index contributed by atoms with van der Waals surface area (Å²) in [5.41, 5.74) is 0.828. The lowest BCUT2D eigenvalue weighted by molar-refractivity contribution is -0.123. The third-order valence-electron chi connectivity index (χ3n) is 4.27. The number of ether oxygens (including phenoxy) is 1. The molecule has 0 radical (unpaired) electrons. The lowest BCUT2D eigenvalue weighted by Crippen LogP contribution is -2.30. The summed E-state index contributed by atoms with van der Waals surface area (Å²) in [5, 5.41) is 2.49. The highest BCUT2D eigenvalue weighted by molar-refractivity contribution is 6.33. The van der Waals surface area contributed by atoms with E-state index in [4.69, 9.17) is 16.3 Å². The highest BCUT2D eigenvalue weighted by Crippen LogP contribution is 2.23. The van der Waals surface area contributed by atoms with Gasteiger partial charge in [-0.15, -0.1) is 0 Å². The van der Waals surface area contributed by atoms with Crippen molar-refractivity contribution in [3.05, 3.63) is 100 Å². The van der Waals surface area contributed by atoms with Crippen LogP contribution in [0.15, 0.2) is 72.8 Å². The van der Waals surface area contributed by atoms with Crippen molar-refractivity contribution in [3.63, 3.8) is 0 Å². The Balaban J connectivity index is 1.74. The fourth-order valence-corrected chi connectivity index (χ4v) is 2.92. The van der Waals surface area contributed by atoms with Crippen LogP contribution in [-0.4, -0.2) is 23.8 Å². The van der Waals surface area contributed by atoms with Crippen molar-refractivity contribution in [1.82, 2.24) is 0 Å². The first-order valence-electron chi connectivity index (χ1n) is 9.02. The van der Waals surface area contributed by atoms with Crippen molar-refractivity contribution in [3.8, 4) is 0 Å². The van der Waals surface area contributed by atoms with Gasteiger partial charge in [0.15, 0.2) is 11.9 Å². The van der Waals surface area contributed by atoms with E-state index in [0.29, 0.717) is 5.56 Å². The van der Waals surface area contributed by atoms with Crippen LogP contribution in [0.3, 0.4) is 0 Å². The number of carbonyl (C=O) groups excluding carboxylic acids is 3. The second kappa shape index (κ2) is 9.33. The Kier molecular flexibility index (Phi) is 6.59. The molecular formula is C23H17ClFNO4. The van der Waals surface area contributed by atoms with Gasteiger partial charge in [0.1, 0.15) is 5.82 Å². The van der Waals surface area contributed by atoms with Crippen LogP contribution >= 0.6 is 11.6 Å². The van der Waals surface area contributed by atoms with E-state index in [9.17, 15) is 18.8 Å². The van der Waals surface area contributed by atoms with Gasteiger partial charge in [-0.3, -0.25) is 9.59 Å². The van der Waals surface area contributed by atoms with Crippen molar-refractivity contribution < 1.29 is 23.5 Å². The molecule has 0 bridgehead atoms. The Morgan fingerprint density at radius 2 is 1.57 bits per heavy atom. The van der Waals surface area contributed by atoms with Crippen LogP contribution in [0.25, 0.3) is 0 Å². The van der Waals surface area contributed by atoms with Crippen LogP contribution < -0.4 is 5.32 Å². The number of rotatable bonds is 6. The van der Waals surface area contributed by atoms with Gasteiger partial charge in [-0.25, -0.2) is 9.18 Å². The van der Waals surface area contributed by atoms with Gasteiger partial charge in [0, 0.05) is 11.1 Å². The van der Waals surface area contributed by atoms with Gasteiger partial charge < -0.3 is 10.1 Å². The first kappa shape index (κ1) is 21.2. The highest BCUT2D eigenvalue weighted by Gasteiger charge is 2.24. The monoisotopic (exact) mass is 425 g/mol. The number of anilines is 1. The fraction of sp³-hybridized carbons (Fsp3) is 0.0870. The first-order chi connectivity index (χ1) is 14.4. The minimum atomic E-state index is -1.18. The fourth-order valence-electron chi connectivity index (χ4n) is 2.71. The molecule has 0 saturated heterocycles. The van der Waals surface area contributed by atoms with Crippen molar-refractivity contribution in [2.45, 2.75) is 13.0 Å². The average Bonchev–Trinajstić information content (AvgIpc) is 2.75. The lowest BCUT2D eigenvalue weighted by Gasteiger charge is -2.15. The molecule has 1 atom stereocenters. The van der Waals surface area contributed by atoms with Gasteiger partial charge in [0.05, 0.1) is 16.3 Å². The Bertz CT molecular complexity index is 1100. The Labute approximate surface area is 177 Å². The van der Waals surface area contributed by atoms with Crippen molar-refractivity contribution in [2.24, 2.45) is 0 Å². The summed E-state index contributed by atoms with van der Waals surface area (Å²) < 4.78 is 18.4. The molecule has 1 N–H and O–H groups in total. The van der Waals surface area contributed by atoms with Crippen LogP contribution in [0.4, 0.5) is 10.1 Å². The van der Waals surface area contributed by atoms with E-state index in [0.717, 1.165) is 12.1 Å². The van der Waals surface area contributed by atoms with E-state index >= 15 is 0 Å². The van der Waals surface area contributed by atoms with E-state index in [1.54, 1.807) is 42.5 Å². The molecule has 0 aliphatic rings. The Morgan fingerprint density at radius 1 is 0.933 bits per heavy atom. The highest BCUT2D eigenvalue weighted by atomic mass is 35.5. The summed E-state index contributed by atoms with van der Waals surface area (Å²) in [7, 11) is 0. The van der Waals surface area contributed by atoms with E-state index in [1.807, 2.05) is 0 Å². The molecule has 0 aromatic heterocycles. The van der Waals surface area contributed by atoms with E-state index in [1.165, 1.54) is 25.1 Å². The summed E-state index contributed by atoms with van der Waals surface area (Å²) in [6.07, 6.45) is -1.18. The van der Waals surface area contributed by atoms with E-state index in [-0.39, 0.29) is 27.6 Å². The predicted molar refractivity (Wildman–Crippen MR) is 111 cm³/mol. The average molecular weight is 426 g/mol. The second-order valence-electron chi connectivity index (χ2n) is 6.40. The zero-order valence-electron chi connectivity index (χ0n) is 15.9. The van der Waals surface area contributed by atoms with E-state index < -0.39 is 23.8 Å². The van der Waals surface area contributed by atoms with Gasteiger partial charge >= 0.3 is 5.97 Å². The zero-order chi connectivity index (χ0) is 21.7. The van der Waals surface area contributed by atoms with Crippen molar-refractivity contribution in [2.75, 3.05) is 5.32 Å². The number of hydrogen-bond donors (Lipinski definition) is 1. The maximum Gasteiger partial charge on any atom is 0.339 e. The van der Waals surface area contributed by atoms with Crippen LogP contribution in [0, 0.1) is 5.82 Å².